The number of carbonyl (C=O) groups is 3. The molecule has 0 bridgehead atoms. The van der Waals surface area contributed by atoms with Gasteiger partial charge in [-0.1, -0.05) is 6.07 Å². The second-order valence-electron chi connectivity index (χ2n) is 8.84. The van der Waals surface area contributed by atoms with E-state index in [-0.39, 0.29) is 11.3 Å². The molecule has 2 fully saturated rings. The number of hydrogen-bond acceptors (Lipinski definition) is 7. The van der Waals surface area contributed by atoms with Gasteiger partial charge in [-0.25, -0.2) is 9.59 Å². The maximum atomic E-state index is 12.9. The third-order valence-corrected chi connectivity index (χ3v) is 5.77. The van der Waals surface area contributed by atoms with Gasteiger partial charge in [-0.2, -0.15) is 26.3 Å². The van der Waals surface area contributed by atoms with Crippen molar-refractivity contribution < 1.29 is 55.7 Å². The SMILES string of the molecule is O=C(O)C(F)(F)F.O=C(O)C(F)(F)F.O=C(c1ccccn1)N1CCCC2(COCCN(c3cccnc3)C2)C1. The Bertz CT molecular complexity index is 1100. The lowest BCUT2D eigenvalue weighted by atomic mass is 9.80. The second-order valence-corrected chi connectivity index (χ2v) is 8.84. The minimum absolute atomic E-state index is 0.0156. The average Bonchev–Trinajstić information content (AvgIpc) is 3.11. The Balaban J connectivity index is 0.000000333. The normalized spacial score (nSPS) is 19.4. The van der Waals surface area contributed by atoms with E-state index < -0.39 is 24.3 Å². The van der Waals surface area contributed by atoms with Crippen molar-refractivity contribution in [3.63, 3.8) is 0 Å². The average molecular weight is 580 g/mol. The summed E-state index contributed by atoms with van der Waals surface area (Å²) in [6.45, 7) is 4.61. The van der Waals surface area contributed by atoms with Crippen LogP contribution in [-0.4, -0.2) is 94.7 Å². The highest BCUT2D eigenvalue weighted by atomic mass is 19.4. The van der Waals surface area contributed by atoms with Crippen LogP contribution in [0.2, 0.25) is 0 Å². The zero-order chi connectivity index (χ0) is 30.0. The number of amides is 1. The van der Waals surface area contributed by atoms with Crippen LogP contribution in [0.15, 0.2) is 48.9 Å². The third-order valence-electron chi connectivity index (χ3n) is 5.77. The molecule has 2 N–H and O–H groups in total. The van der Waals surface area contributed by atoms with E-state index in [1.54, 1.807) is 18.5 Å². The van der Waals surface area contributed by atoms with Crippen LogP contribution in [0.4, 0.5) is 32.0 Å². The van der Waals surface area contributed by atoms with Crippen molar-refractivity contribution in [2.75, 3.05) is 44.3 Å². The van der Waals surface area contributed by atoms with Gasteiger partial charge in [0.15, 0.2) is 0 Å². The standard InChI is InChI=1S/C20H24N4O2.2C2HF3O2/c25-19(18-6-1-2-9-22-18)24-10-4-7-20(15-24)14-23(11-12-26-16-20)17-5-3-8-21-13-17;2*3-2(4,5)1(6)7/h1-3,5-6,8-9,13H,4,7,10-12,14-16H2;2*(H,6,7). The Morgan fingerprint density at radius 1 is 0.900 bits per heavy atom. The predicted octanol–water partition coefficient (Wildman–Crippen LogP) is 3.50. The lowest BCUT2D eigenvalue weighted by Gasteiger charge is -2.43. The first-order valence-electron chi connectivity index (χ1n) is 11.7. The second kappa shape index (κ2) is 13.9. The van der Waals surface area contributed by atoms with Crippen LogP contribution in [0.25, 0.3) is 0 Å². The number of rotatable bonds is 2. The van der Waals surface area contributed by atoms with Gasteiger partial charge in [-0.3, -0.25) is 14.8 Å². The molecule has 10 nitrogen and oxygen atoms in total. The Kier molecular flexibility index (Phi) is 11.2. The van der Waals surface area contributed by atoms with Crippen LogP contribution in [0.5, 0.6) is 0 Å². The third kappa shape index (κ3) is 9.98. The molecule has 1 spiro atoms. The minimum atomic E-state index is -5.08. The molecule has 16 heteroatoms. The van der Waals surface area contributed by atoms with E-state index in [9.17, 15) is 31.1 Å². The van der Waals surface area contributed by atoms with Gasteiger partial charge in [0.2, 0.25) is 0 Å². The summed E-state index contributed by atoms with van der Waals surface area (Å²) >= 11 is 0. The number of halogens is 6. The maximum absolute atomic E-state index is 12.9. The largest absolute Gasteiger partial charge is 0.490 e. The van der Waals surface area contributed by atoms with Crippen molar-refractivity contribution in [1.29, 1.82) is 0 Å². The first-order valence-corrected chi connectivity index (χ1v) is 11.7. The number of nitrogens with zero attached hydrogens (tertiary/aromatic N) is 4. The van der Waals surface area contributed by atoms with Gasteiger partial charge >= 0.3 is 24.3 Å². The van der Waals surface area contributed by atoms with E-state index in [2.05, 4.69) is 20.9 Å². The van der Waals surface area contributed by atoms with Gasteiger partial charge in [-0.05, 0) is 37.1 Å². The van der Waals surface area contributed by atoms with Gasteiger partial charge in [-0.15, -0.1) is 0 Å². The first kappa shape index (κ1) is 32.3. The molecule has 2 aromatic heterocycles. The maximum Gasteiger partial charge on any atom is 0.490 e. The highest BCUT2D eigenvalue weighted by molar-refractivity contribution is 5.92. The number of aliphatic carboxylic acids is 2. The molecule has 1 unspecified atom stereocenters. The Morgan fingerprint density at radius 2 is 1.55 bits per heavy atom. The van der Waals surface area contributed by atoms with Gasteiger partial charge in [0, 0.05) is 44.0 Å². The summed E-state index contributed by atoms with van der Waals surface area (Å²) in [6, 6.07) is 9.53. The van der Waals surface area contributed by atoms with Crippen LogP contribution >= 0.6 is 0 Å². The molecule has 220 valence electrons. The smallest absolute Gasteiger partial charge is 0.475 e. The van der Waals surface area contributed by atoms with Crippen molar-refractivity contribution in [3.8, 4) is 0 Å². The van der Waals surface area contributed by atoms with Crippen LogP contribution in [-0.2, 0) is 14.3 Å². The van der Waals surface area contributed by atoms with Gasteiger partial charge in [0.1, 0.15) is 5.69 Å². The van der Waals surface area contributed by atoms with Crippen molar-refractivity contribution in [2.45, 2.75) is 25.2 Å². The molecule has 2 saturated heterocycles. The van der Waals surface area contributed by atoms with Crippen molar-refractivity contribution in [1.82, 2.24) is 14.9 Å². The van der Waals surface area contributed by atoms with Crippen LogP contribution in [0.3, 0.4) is 0 Å². The minimum Gasteiger partial charge on any atom is -0.475 e. The zero-order valence-corrected chi connectivity index (χ0v) is 20.9. The fraction of sp³-hybridized carbons (Fsp3) is 0.458. The molecule has 0 saturated carbocycles. The highest BCUT2D eigenvalue weighted by Gasteiger charge is 2.41. The Hall–Kier alpha value is -3.95. The van der Waals surface area contributed by atoms with Gasteiger partial charge in [0.05, 0.1) is 25.1 Å². The Labute approximate surface area is 224 Å². The quantitative estimate of drug-likeness (QED) is 0.512. The summed E-state index contributed by atoms with van der Waals surface area (Å²) < 4.78 is 69.4. The van der Waals surface area contributed by atoms with Gasteiger partial charge in [0.25, 0.3) is 5.91 Å². The van der Waals surface area contributed by atoms with Crippen molar-refractivity contribution in [2.24, 2.45) is 5.41 Å². The summed E-state index contributed by atoms with van der Waals surface area (Å²) in [7, 11) is 0. The van der Waals surface area contributed by atoms with Gasteiger partial charge < -0.3 is 24.7 Å². The van der Waals surface area contributed by atoms with Crippen LogP contribution in [0.1, 0.15) is 23.3 Å². The highest BCUT2D eigenvalue weighted by Crippen LogP contribution is 2.35. The number of ether oxygens (including phenoxy) is 1. The number of aromatic nitrogens is 2. The van der Waals surface area contributed by atoms with E-state index in [4.69, 9.17) is 24.5 Å². The predicted molar refractivity (Wildman–Crippen MR) is 126 cm³/mol. The van der Waals surface area contributed by atoms with E-state index in [0.717, 1.165) is 38.2 Å². The van der Waals surface area contributed by atoms with E-state index in [1.807, 2.05) is 29.3 Å². The fourth-order valence-corrected chi connectivity index (χ4v) is 4.03. The molecule has 4 rings (SSSR count). The number of piperidine rings is 1. The number of carbonyl (C=O) groups excluding carboxylic acids is 1. The van der Waals surface area contributed by atoms with Crippen molar-refractivity contribution in [3.05, 3.63) is 54.6 Å². The topological polar surface area (TPSA) is 133 Å². The summed E-state index contributed by atoms with van der Waals surface area (Å²) in [5.74, 6) is -5.50. The summed E-state index contributed by atoms with van der Waals surface area (Å²) in [6.07, 6.45) is -2.75. The monoisotopic (exact) mass is 580 g/mol. The number of carboxylic acids is 2. The Morgan fingerprint density at radius 3 is 2.08 bits per heavy atom. The molecule has 2 aromatic rings. The summed E-state index contributed by atoms with van der Waals surface area (Å²) in [5, 5.41) is 14.2. The molecule has 2 aliphatic heterocycles. The van der Waals surface area contributed by atoms with Crippen molar-refractivity contribution >= 4 is 23.5 Å². The van der Waals surface area contributed by atoms with Crippen LogP contribution in [0, 0.1) is 5.41 Å². The number of alkyl halides is 6. The fourth-order valence-electron chi connectivity index (χ4n) is 4.03. The lowest BCUT2D eigenvalue weighted by molar-refractivity contribution is -0.193. The van der Waals surface area contributed by atoms with Crippen LogP contribution < -0.4 is 4.90 Å². The van der Waals surface area contributed by atoms with E-state index >= 15 is 0 Å². The lowest BCUT2D eigenvalue weighted by Crippen LogP contribution is -2.52. The van der Waals surface area contributed by atoms with E-state index in [0.29, 0.717) is 25.5 Å². The number of likely N-dealkylation sites (tertiary alicyclic amines) is 1. The number of hydrogen-bond donors (Lipinski definition) is 2. The molecule has 0 radical (unpaired) electrons. The molecular weight excluding hydrogens is 554 g/mol. The molecule has 0 aliphatic carbocycles. The molecule has 1 amide bonds. The zero-order valence-electron chi connectivity index (χ0n) is 20.9. The molecular formula is C24H26F6N4O6. The first-order chi connectivity index (χ1) is 18.6. The number of anilines is 1. The summed E-state index contributed by atoms with van der Waals surface area (Å²) in [5.41, 5.74) is 1.59. The molecule has 2 aliphatic rings. The van der Waals surface area contributed by atoms with E-state index in [1.165, 1.54) is 0 Å². The molecule has 0 aromatic carbocycles. The number of pyridine rings is 2. The number of carboxylic acid groups (broad SMARTS) is 2. The summed E-state index contributed by atoms with van der Waals surface area (Å²) in [4.78, 5) is 43.4. The molecule has 40 heavy (non-hydrogen) atoms. The molecule has 1 atom stereocenters. The molecule has 4 heterocycles.